The van der Waals surface area contributed by atoms with Gasteiger partial charge in [0.25, 0.3) is 0 Å². The number of hydrogen-bond donors (Lipinski definition) is 1. The van der Waals surface area contributed by atoms with Crippen LogP contribution in [0.5, 0.6) is 0 Å². The summed E-state index contributed by atoms with van der Waals surface area (Å²) in [6, 6.07) is 0. The second kappa shape index (κ2) is 4.74. The Morgan fingerprint density at radius 1 is 1.22 bits per heavy atom. The lowest BCUT2D eigenvalue weighted by Crippen LogP contribution is -2.42. The van der Waals surface area contributed by atoms with Crippen molar-refractivity contribution >= 4 is 10.0 Å². The maximum Gasteiger partial charge on any atom is 0.211 e. The van der Waals surface area contributed by atoms with E-state index in [9.17, 15) is 8.42 Å². The van der Waals surface area contributed by atoms with Crippen LogP contribution in [-0.2, 0) is 19.5 Å². The minimum absolute atomic E-state index is 0.135. The molecule has 1 unspecified atom stereocenters. The van der Waals surface area contributed by atoms with E-state index in [1.54, 1.807) is 0 Å². The van der Waals surface area contributed by atoms with Crippen LogP contribution in [0.2, 0.25) is 0 Å². The molecule has 1 atom stereocenters. The maximum absolute atomic E-state index is 11.9. The Balaban J connectivity index is 1.40. The molecule has 1 saturated heterocycles. The van der Waals surface area contributed by atoms with Crippen LogP contribution in [-0.4, -0.2) is 46.6 Å². The molecule has 3 fully saturated rings. The van der Waals surface area contributed by atoms with E-state index in [2.05, 4.69) is 4.72 Å². The molecule has 2 saturated carbocycles. The van der Waals surface area contributed by atoms with Crippen molar-refractivity contribution < 1.29 is 17.9 Å². The normalized spacial score (nSPS) is 31.2. The van der Waals surface area contributed by atoms with E-state index in [4.69, 9.17) is 9.47 Å². The summed E-state index contributed by atoms with van der Waals surface area (Å²) in [6.45, 7) is 1.97. The molecule has 0 aromatic rings. The summed E-state index contributed by atoms with van der Waals surface area (Å²) in [6.07, 6.45) is 4.70. The molecule has 0 bridgehead atoms. The fraction of sp³-hybridized carbons (Fsp3) is 1.00. The fourth-order valence-electron chi connectivity index (χ4n) is 3.11. The van der Waals surface area contributed by atoms with Gasteiger partial charge < -0.3 is 9.47 Å². The third kappa shape index (κ3) is 3.04. The lowest BCUT2D eigenvalue weighted by Gasteiger charge is -2.35. The minimum Gasteiger partial charge on any atom is -0.376 e. The van der Waals surface area contributed by atoms with Gasteiger partial charge in [-0.3, -0.25) is 0 Å². The Morgan fingerprint density at radius 3 is 2.61 bits per heavy atom. The summed E-state index contributed by atoms with van der Waals surface area (Å²) >= 11 is 0. The number of nitrogens with one attached hydrogen (secondary N) is 1. The van der Waals surface area contributed by atoms with Crippen LogP contribution in [0.25, 0.3) is 0 Å². The molecule has 0 aromatic carbocycles. The third-order valence-electron chi connectivity index (χ3n) is 4.27. The van der Waals surface area contributed by atoms with E-state index in [0.717, 1.165) is 12.8 Å². The van der Waals surface area contributed by atoms with Crippen molar-refractivity contribution in [1.82, 2.24) is 4.72 Å². The highest BCUT2D eigenvalue weighted by molar-refractivity contribution is 7.89. The molecule has 0 aromatic heterocycles. The first kappa shape index (κ1) is 12.8. The van der Waals surface area contributed by atoms with Crippen LogP contribution < -0.4 is 4.72 Å². The van der Waals surface area contributed by atoms with Gasteiger partial charge in [0.1, 0.15) is 0 Å². The highest BCUT2D eigenvalue weighted by atomic mass is 32.2. The zero-order valence-corrected chi connectivity index (χ0v) is 11.4. The summed E-state index contributed by atoms with van der Waals surface area (Å²) in [7, 11) is -3.15. The van der Waals surface area contributed by atoms with E-state index < -0.39 is 10.0 Å². The molecule has 2 aliphatic carbocycles. The van der Waals surface area contributed by atoms with Crippen molar-refractivity contribution in [2.75, 3.05) is 32.1 Å². The minimum atomic E-state index is -3.15. The maximum atomic E-state index is 11.9. The van der Waals surface area contributed by atoms with Crippen LogP contribution in [0.15, 0.2) is 0 Å². The van der Waals surface area contributed by atoms with Gasteiger partial charge in [0.15, 0.2) is 0 Å². The van der Waals surface area contributed by atoms with Crippen molar-refractivity contribution in [2.45, 2.75) is 31.8 Å². The number of hydrogen-bond acceptors (Lipinski definition) is 4. The molecule has 3 rings (SSSR count). The lowest BCUT2D eigenvalue weighted by molar-refractivity contribution is -0.0847. The Bertz CT molecular complexity index is 390. The van der Waals surface area contributed by atoms with Gasteiger partial charge in [0.05, 0.1) is 31.7 Å². The van der Waals surface area contributed by atoms with Gasteiger partial charge in [-0.05, 0) is 37.0 Å². The second-order valence-corrected chi connectivity index (χ2v) is 7.82. The van der Waals surface area contributed by atoms with E-state index >= 15 is 0 Å². The van der Waals surface area contributed by atoms with Crippen molar-refractivity contribution in [3.8, 4) is 0 Å². The van der Waals surface area contributed by atoms with E-state index in [1.165, 1.54) is 12.8 Å². The molecular formula is C12H21NO4S. The van der Waals surface area contributed by atoms with Crippen LogP contribution in [0, 0.1) is 11.3 Å². The molecule has 3 aliphatic rings. The van der Waals surface area contributed by atoms with Crippen molar-refractivity contribution in [2.24, 2.45) is 11.3 Å². The molecule has 18 heavy (non-hydrogen) atoms. The van der Waals surface area contributed by atoms with Gasteiger partial charge in [-0.2, -0.15) is 0 Å². The van der Waals surface area contributed by atoms with Gasteiger partial charge in [0, 0.05) is 6.54 Å². The smallest absolute Gasteiger partial charge is 0.211 e. The van der Waals surface area contributed by atoms with Gasteiger partial charge in [0.2, 0.25) is 10.0 Å². The highest BCUT2D eigenvalue weighted by Gasteiger charge is 2.53. The second-order valence-electron chi connectivity index (χ2n) is 5.97. The average Bonchev–Trinajstić information content (AvgIpc) is 3.08. The average molecular weight is 275 g/mol. The topological polar surface area (TPSA) is 64.6 Å². The Hall–Kier alpha value is -0.170. The molecule has 5 nitrogen and oxygen atoms in total. The number of rotatable bonds is 5. The van der Waals surface area contributed by atoms with Crippen molar-refractivity contribution in [3.63, 3.8) is 0 Å². The molecule has 104 valence electrons. The summed E-state index contributed by atoms with van der Waals surface area (Å²) in [5, 5.41) is 0. The Kier molecular flexibility index (Phi) is 3.38. The van der Waals surface area contributed by atoms with E-state index in [-0.39, 0.29) is 11.9 Å². The molecule has 6 heteroatoms. The molecular weight excluding hydrogens is 254 g/mol. The van der Waals surface area contributed by atoms with Crippen LogP contribution in [0.4, 0.5) is 0 Å². The highest BCUT2D eigenvalue weighted by Crippen LogP contribution is 2.63. The Morgan fingerprint density at radius 2 is 2.00 bits per heavy atom. The molecule has 0 radical (unpaired) electrons. The molecule has 0 amide bonds. The Labute approximate surface area is 108 Å². The van der Waals surface area contributed by atoms with Crippen LogP contribution in [0.1, 0.15) is 25.7 Å². The van der Waals surface area contributed by atoms with Crippen LogP contribution in [0.3, 0.4) is 0 Å². The standard InChI is InChI=1S/C12H21NO4S/c14-18(15,9-10-5-12(6-10)1-2-12)13-7-11-8-16-3-4-17-11/h10-11,13H,1-9H2. The quantitative estimate of drug-likeness (QED) is 0.794. The summed E-state index contributed by atoms with van der Waals surface area (Å²) in [4.78, 5) is 0. The SMILES string of the molecule is O=S(=O)(CC1CC2(CC2)C1)NCC1COCCO1. The monoisotopic (exact) mass is 275 g/mol. The molecule has 1 N–H and O–H groups in total. The van der Waals surface area contributed by atoms with Gasteiger partial charge >= 0.3 is 0 Å². The fourth-order valence-corrected chi connectivity index (χ4v) is 4.53. The molecule has 1 heterocycles. The third-order valence-corrected chi connectivity index (χ3v) is 5.79. The van der Waals surface area contributed by atoms with Crippen LogP contribution >= 0.6 is 0 Å². The predicted octanol–water partition coefficient (Wildman–Crippen LogP) is 0.511. The first-order valence-corrected chi connectivity index (χ1v) is 8.39. The number of ether oxygens (including phenoxy) is 2. The van der Waals surface area contributed by atoms with Gasteiger partial charge in [-0.25, -0.2) is 13.1 Å². The molecule has 1 aliphatic heterocycles. The zero-order valence-electron chi connectivity index (χ0n) is 10.6. The lowest BCUT2D eigenvalue weighted by atomic mass is 9.73. The van der Waals surface area contributed by atoms with Gasteiger partial charge in [-0.15, -0.1) is 0 Å². The van der Waals surface area contributed by atoms with E-state index in [1.807, 2.05) is 0 Å². The first-order valence-electron chi connectivity index (χ1n) is 6.74. The predicted molar refractivity (Wildman–Crippen MR) is 66.7 cm³/mol. The summed E-state index contributed by atoms with van der Waals surface area (Å²) in [5.41, 5.74) is 0.570. The summed E-state index contributed by atoms with van der Waals surface area (Å²) < 4.78 is 37.1. The van der Waals surface area contributed by atoms with Crippen molar-refractivity contribution in [3.05, 3.63) is 0 Å². The largest absolute Gasteiger partial charge is 0.376 e. The van der Waals surface area contributed by atoms with Gasteiger partial charge in [-0.1, -0.05) is 0 Å². The summed E-state index contributed by atoms with van der Waals surface area (Å²) in [5.74, 6) is 0.649. The molecule has 1 spiro atoms. The van der Waals surface area contributed by atoms with Crippen molar-refractivity contribution in [1.29, 1.82) is 0 Å². The number of sulfonamides is 1. The first-order chi connectivity index (χ1) is 8.57. The zero-order chi connectivity index (χ0) is 12.6. The van der Waals surface area contributed by atoms with E-state index in [0.29, 0.717) is 37.7 Å².